The van der Waals surface area contributed by atoms with Crippen molar-refractivity contribution in [1.29, 1.82) is 0 Å². The highest BCUT2D eigenvalue weighted by atomic mass is 14.8. The Kier molecular flexibility index (Phi) is 8.85. The zero-order valence-corrected chi connectivity index (χ0v) is 7.77. The molecule has 2 heteroatoms. The van der Waals surface area contributed by atoms with Crippen LogP contribution in [-0.4, -0.2) is 25.5 Å². The second-order valence-electron chi connectivity index (χ2n) is 2.16. The van der Waals surface area contributed by atoms with Gasteiger partial charge in [-0.1, -0.05) is 12.2 Å². The first-order valence-electron chi connectivity index (χ1n) is 4.14. The first-order chi connectivity index (χ1) is 5.91. The molecule has 0 fully saturated rings. The van der Waals surface area contributed by atoms with Gasteiger partial charge in [-0.25, -0.2) is 0 Å². The fourth-order valence-electron chi connectivity index (χ4n) is 0.558. The standard InChI is InChI=1S/C10H16N2/c1-3-5-7-11-9-10-12-8-6-4-2/h3-8H,9-10H2,1-2H3/b5-3-,6-4-,11-7?,12-8?. The van der Waals surface area contributed by atoms with Gasteiger partial charge in [0.15, 0.2) is 0 Å². The zero-order chi connectivity index (χ0) is 9.07. The molecule has 0 aliphatic rings. The Balaban J connectivity index is 3.32. The van der Waals surface area contributed by atoms with Crippen molar-refractivity contribution < 1.29 is 0 Å². The van der Waals surface area contributed by atoms with E-state index in [2.05, 4.69) is 9.98 Å². The van der Waals surface area contributed by atoms with Gasteiger partial charge in [0.2, 0.25) is 0 Å². The highest BCUT2D eigenvalue weighted by molar-refractivity contribution is 5.71. The summed E-state index contributed by atoms with van der Waals surface area (Å²) in [5, 5.41) is 0. The van der Waals surface area contributed by atoms with Crippen LogP contribution in [0.2, 0.25) is 0 Å². The highest BCUT2D eigenvalue weighted by Crippen LogP contribution is 1.74. The van der Waals surface area contributed by atoms with Crippen LogP contribution < -0.4 is 0 Å². The molecule has 0 aromatic heterocycles. The summed E-state index contributed by atoms with van der Waals surface area (Å²) in [6, 6.07) is 0. The molecule has 0 spiro atoms. The fraction of sp³-hybridized carbons (Fsp3) is 0.400. The zero-order valence-electron chi connectivity index (χ0n) is 7.77. The topological polar surface area (TPSA) is 24.7 Å². The molecule has 0 atom stereocenters. The lowest BCUT2D eigenvalue weighted by Gasteiger charge is -1.84. The maximum Gasteiger partial charge on any atom is 0.0585 e. The third-order valence-corrected chi connectivity index (χ3v) is 1.13. The van der Waals surface area contributed by atoms with E-state index in [9.17, 15) is 0 Å². The summed E-state index contributed by atoms with van der Waals surface area (Å²) >= 11 is 0. The summed E-state index contributed by atoms with van der Waals surface area (Å²) < 4.78 is 0. The predicted molar refractivity (Wildman–Crippen MR) is 56.3 cm³/mol. The Morgan fingerprint density at radius 1 is 0.833 bits per heavy atom. The van der Waals surface area contributed by atoms with E-state index in [0.29, 0.717) is 0 Å². The molecule has 0 radical (unpaired) electrons. The van der Waals surface area contributed by atoms with Gasteiger partial charge in [-0.2, -0.15) is 0 Å². The lowest BCUT2D eigenvalue weighted by molar-refractivity contribution is 0.986. The van der Waals surface area contributed by atoms with Gasteiger partial charge in [0.25, 0.3) is 0 Å². The van der Waals surface area contributed by atoms with Crippen LogP contribution in [0.5, 0.6) is 0 Å². The second-order valence-corrected chi connectivity index (χ2v) is 2.16. The molecule has 0 aromatic rings. The molecule has 0 heterocycles. The Morgan fingerprint density at radius 3 is 1.58 bits per heavy atom. The Labute approximate surface area is 74.4 Å². The third kappa shape index (κ3) is 8.82. The molecular formula is C10H16N2. The van der Waals surface area contributed by atoms with Gasteiger partial charge >= 0.3 is 0 Å². The number of nitrogens with zero attached hydrogens (tertiary/aromatic N) is 2. The summed E-state index contributed by atoms with van der Waals surface area (Å²) in [6.07, 6.45) is 11.3. The second kappa shape index (κ2) is 9.82. The number of aliphatic imine (C=N–C) groups is 2. The van der Waals surface area contributed by atoms with Crippen LogP contribution in [0.15, 0.2) is 34.3 Å². The molecule has 0 rings (SSSR count). The summed E-state index contributed by atoms with van der Waals surface area (Å²) in [5.74, 6) is 0. The quantitative estimate of drug-likeness (QED) is 0.440. The van der Waals surface area contributed by atoms with Gasteiger partial charge in [-0.05, 0) is 26.0 Å². The van der Waals surface area contributed by atoms with Crippen molar-refractivity contribution in [1.82, 2.24) is 0 Å². The van der Waals surface area contributed by atoms with E-state index in [4.69, 9.17) is 0 Å². The van der Waals surface area contributed by atoms with Crippen LogP contribution in [-0.2, 0) is 0 Å². The summed E-state index contributed by atoms with van der Waals surface area (Å²) in [7, 11) is 0. The van der Waals surface area contributed by atoms with Crippen molar-refractivity contribution in [3.05, 3.63) is 24.3 Å². The Morgan fingerprint density at radius 2 is 1.25 bits per heavy atom. The molecule has 0 aliphatic heterocycles. The molecule has 0 N–H and O–H groups in total. The van der Waals surface area contributed by atoms with E-state index in [1.807, 2.05) is 38.2 Å². The summed E-state index contributed by atoms with van der Waals surface area (Å²) in [5.41, 5.74) is 0. The monoisotopic (exact) mass is 164 g/mol. The average Bonchev–Trinajstić information content (AvgIpc) is 2.10. The molecule has 0 amide bonds. The molecule has 0 unspecified atom stereocenters. The van der Waals surface area contributed by atoms with Crippen LogP contribution in [0.25, 0.3) is 0 Å². The maximum absolute atomic E-state index is 4.11. The van der Waals surface area contributed by atoms with Crippen molar-refractivity contribution in [2.75, 3.05) is 13.1 Å². The number of rotatable bonds is 5. The predicted octanol–water partition coefficient (Wildman–Crippen LogP) is 2.28. The lowest BCUT2D eigenvalue weighted by atomic mass is 10.5. The molecule has 12 heavy (non-hydrogen) atoms. The Hall–Kier alpha value is -1.18. The van der Waals surface area contributed by atoms with E-state index in [0.717, 1.165) is 13.1 Å². The highest BCUT2D eigenvalue weighted by Gasteiger charge is 1.73. The normalized spacial score (nSPS) is 13.2. The van der Waals surface area contributed by atoms with Crippen molar-refractivity contribution in [2.24, 2.45) is 9.98 Å². The molecule has 2 nitrogen and oxygen atoms in total. The minimum atomic E-state index is 0.762. The van der Waals surface area contributed by atoms with E-state index < -0.39 is 0 Å². The molecule has 0 aliphatic carbocycles. The van der Waals surface area contributed by atoms with E-state index in [-0.39, 0.29) is 0 Å². The Bertz CT molecular complexity index is 166. The van der Waals surface area contributed by atoms with Gasteiger partial charge < -0.3 is 0 Å². The molecule has 0 bridgehead atoms. The lowest BCUT2D eigenvalue weighted by Crippen LogP contribution is -1.86. The van der Waals surface area contributed by atoms with Crippen LogP contribution in [0.1, 0.15) is 13.8 Å². The first-order valence-corrected chi connectivity index (χ1v) is 4.14. The summed E-state index contributed by atoms with van der Waals surface area (Å²) in [6.45, 7) is 5.46. The van der Waals surface area contributed by atoms with E-state index in [1.54, 1.807) is 12.4 Å². The molecule has 0 aromatic carbocycles. The SMILES string of the molecule is C/C=C\C=NCCN=C/C=C\C. The van der Waals surface area contributed by atoms with Crippen molar-refractivity contribution in [3.63, 3.8) is 0 Å². The van der Waals surface area contributed by atoms with Gasteiger partial charge in [0.1, 0.15) is 0 Å². The average molecular weight is 164 g/mol. The minimum absolute atomic E-state index is 0.762. The molecule has 0 saturated carbocycles. The van der Waals surface area contributed by atoms with Crippen LogP contribution >= 0.6 is 0 Å². The first kappa shape index (κ1) is 10.8. The number of allylic oxidation sites excluding steroid dienone is 4. The molecule has 0 saturated heterocycles. The number of hydrogen-bond acceptors (Lipinski definition) is 2. The van der Waals surface area contributed by atoms with Crippen molar-refractivity contribution in [3.8, 4) is 0 Å². The van der Waals surface area contributed by atoms with Gasteiger partial charge in [0, 0.05) is 12.4 Å². The third-order valence-electron chi connectivity index (χ3n) is 1.13. The van der Waals surface area contributed by atoms with Crippen molar-refractivity contribution in [2.45, 2.75) is 13.8 Å². The van der Waals surface area contributed by atoms with Gasteiger partial charge in [-0.3, -0.25) is 9.98 Å². The van der Waals surface area contributed by atoms with E-state index in [1.165, 1.54) is 0 Å². The van der Waals surface area contributed by atoms with Crippen LogP contribution in [0.4, 0.5) is 0 Å². The minimum Gasteiger partial charge on any atom is -0.291 e. The summed E-state index contributed by atoms with van der Waals surface area (Å²) in [4.78, 5) is 8.22. The largest absolute Gasteiger partial charge is 0.291 e. The maximum atomic E-state index is 4.11. The van der Waals surface area contributed by atoms with Crippen LogP contribution in [0, 0.1) is 0 Å². The molecule has 66 valence electrons. The fourth-order valence-corrected chi connectivity index (χ4v) is 0.558. The van der Waals surface area contributed by atoms with E-state index >= 15 is 0 Å². The molecular weight excluding hydrogens is 148 g/mol. The number of hydrogen-bond donors (Lipinski definition) is 0. The van der Waals surface area contributed by atoms with Gasteiger partial charge in [-0.15, -0.1) is 0 Å². The van der Waals surface area contributed by atoms with Crippen molar-refractivity contribution >= 4 is 12.4 Å². The van der Waals surface area contributed by atoms with Crippen LogP contribution in [0.3, 0.4) is 0 Å². The van der Waals surface area contributed by atoms with Gasteiger partial charge in [0.05, 0.1) is 13.1 Å². The smallest absolute Gasteiger partial charge is 0.0585 e.